The van der Waals surface area contributed by atoms with Gasteiger partial charge in [-0.15, -0.1) is 0 Å². The molecule has 1 aromatic heterocycles. The molecule has 1 aromatic carbocycles. The van der Waals surface area contributed by atoms with Crippen molar-refractivity contribution >= 4 is 17.2 Å². The van der Waals surface area contributed by atoms with Crippen LogP contribution in [0.2, 0.25) is 0 Å². The van der Waals surface area contributed by atoms with Gasteiger partial charge in [-0.1, -0.05) is 0 Å². The van der Waals surface area contributed by atoms with Crippen molar-refractivity contribution in [2.45, 2.75) is 19.9 Å². The Labute approximate surface area is 87.3 Å². The molecule has 0 unspecified atom stereocenters. The summed E-state index contributed by atoms with van der Waals surface area (Å²) in [6, 6.07) is 4.69. The highest BCUT2D eigenvalue weighted by atomic mass is 19.1. The molecule has 0 N–H and O–H groups in total. The number of carbonyl (C=O) groups excluding carboxylic acids is 1. The number of fused-ring (bicyclic) bond motifs is 1. The van der Waals surface area contributed by atoms with Crippen LogP contribution in [-0.2, 0) is 0 Å². The summed E-state index contributed by atoms with van der Waals surface area (Å²) in [7, 11) is 0. The van der Waals surface area contributed by atoms with Gasteiger partial charge in [-0.2, -0.15) is 0 Å². The molecule has 3 heteroatoms. The van der Waals surface area contributed by atoms with Crippen LogP contribution in [-0.4, -0.2) is 10.9 Å². The molecule has 2 nitrogen and oxygen atoms in total. The largest absolute Gasteiger partial charge is 0.344 e. The monoisotopic (exact) mass is 205 g/mol. The van der Waals surface area contributed by atoms with Gasteiger partial charge in [0.15, 0.2) is 6.29 Å². The van der Waals surface area contributed by atoms with E-state index in [0.717, 1.165) is 17.2 Å². The molecule has 15 heavy (non-hydrogen) atoms. The molecular formula is C12H12FNO. The van der Waals surface area contributed by atoms with E-state index in [2.05, 4.69) is 0 Å². The number of hydrogen-bond donors (Lipinski definition) is 0. The summed E-state index contributed by atoms with van der Waals surface area (Å²) in [4.78, 5) is 10.8. The zero-order valence-corrected chi connectivity index (χ0v) is 8.70. The Balaban J connectivity index is 2.81. The van der Waals surface area contributed by atoms with Crippen molar-refractivity contribution in [3.8, 4) is 0 Å². The molecule has 0 saturated heterocycles. The highest BCUT2D eigenvalue weighted by molar-refractivity contribution is 5.97. The maximum Gasteiger partial charge on any atom is 0.152 e. The standard InChI is InChI=1S/C12H12FNO/c1-8(2)14-6-9(7-15)11-4-3-10(13)5-12(11)14/h3-8H,1-2H3. The molecule has 0 atom stereocenters. The van der Waals surface area contributed by atoms with Gasteiger partial charge < -0.3 is 4.57 Å². The van der Waals surface area contributed by atoms with Crippen LogP contribution in [0.5, 0.6) is 0 Å². The van der Waals surface area contributed by atoms with Crippen LogP contribution in [0.4, 0.5) is 4.39 Å². The number of aldehydes is 1. The zero-order valence-electron chi connectivity index (χ0n) is 8.70. The fourth-order valence-corrected chi connectivity index (χ4v) is 1.77. The Morgan fingerprint density at radius 3 is 2.73 bits per heavy atom. The van der Waals surface area contributed by atoms with Gasteiger partial charge in [-0.25, -0.2) is 4.39 Å². The molecule has 1 heterocycles. The lowest BCUT2D eigenvalue weighted by Gasteiger charge is -2.08. The number of benzene rings is 1. The van der Waals surface area contributed by atoms with Crippen LogP contribution in [0, 0.1) is 5.82 Å². The first kappa shape index (κ1) is 9.90. The minimum Gasteiger partial charge on any atom is -0.344 e. The Bertz CT molecular complexity index is 514. The van der Waals surface area contributed by atoms with Crippen molar-refractivity contribution in [1.29, 1.82) is 0 Å². The van der Waals surface area contributed by atoms with Gasteiger partial charge in [0.2, 0.25) is 0 Å². The molecular weight excluding hydrogens is 193 g/mol. The smallest absolute Gasteiger partial charge is 0.152 e. The average molecular weight is 205 g/mol. The molecule has 0 radical (unpaired) electrons. The van der Waals surface area contributed by atoms with Crippen molar-refractivity contribution < 1.29 is 9.18 Å². The van der Waals surface area contributed by atoms with E-state index in [1.807, 2.05) is 18.4 Å². The molecule has 0 aliphatic heterocycles. The number of halogens is 1. The van der Waals surface area contributed by atoms with Crippen molar-refractivity contribution in [3.05, 3.63) is 35.8 Å². The SMILES string of the molecule is CC(C)n1cc(C=O)c2ccc(F)cc21. The van der Waals surface area contributed by atoms with Crippen molar-refractivity contribution in [2.75, 3.05) is 0 Å². The van der Waals surface area contributed by atoms with E-state index in [-0.39, 0.29) is 11.9 Å². The molecule has 0 amide bonds. The summed E-state index contributed by atoms with van der Waals surface area (Å²) in [5, 5.41) is 0.806. The number of rotatable bonds is 2. The van der Waals surface area contributed by atoms with Gasteiger partial charge in [0.25, 0.3) is 0 Å². The third kappa shape index (κ3) is 1.54. The van der Waals surface area contributed by atoms with E-state index in [1.54, 1.807) is 12.3 Å². The number of aromatic nitrogens is 1. The van der Waals surface area contributed by atoms with E-state index in [4.69, 9.17) is 0 Å². The predicted molar refractivity (Wildman–Crippen MR) is 57.7 cm³/mol. The third-order valence-corrected chi connectivity index (χ3v) is 2.51. The van der Waals surface area contributed by atoms with Gasteiger partial charge in [-0.3, -0.25) is 4.79 Å². The lowest BCUT2D eigenvalue weighted by Crippen LogP contribution is -1.98. The van der Waals surface area contributed by atoms with Crippen molar-refractivity contribution in [3.63, 3.8) is 0 Å². The summed E-state index contributed by atoms with van der Waals surface area (Å²) >= 11 is 0. The number of carbonyl (C=O) groups is 1. The highest BCUT2D eigenvalue weighted by Gasteiger charge is 2.10. The predicted octanol–water partition coefficient (Wildman–Crippen LogP) is 3.17. The molecule has 0 bridgehead atoms. The minimum atomic E-state index is -0.278. The maximum absolute atomic E-state index is 13.1. The van der Waals surface area contributed by atoms with Crippen LogP contribution >= 0.6 is 0 Å². The lowest BCUT2D eigenvalue weighted by molar-refractivity contribution is 0.112. The topological polar surface area (TPSA) is 22.0 Å². The van der Waals surface area contributed by atoms with Crippen LogP contribution in [0.15, 0.2) is 24.4 Å². The van der Waals surface area contributed by atoms with E-state index in [1.165, 1.54) is 12.1 Å². The van der Waals surface area contributed by atoms with E-state index >= 15 is 0 Å². The third-order valence-electron chi connectivity index (χ3n) is 2.51. The maximum atomic E-state index is 13.1. The van der Waals surface area contributed by atoms with Crippen molar-refractivity contribution in [1.82, 2.24) is 4.57 Å². The first-order valence-electron chi connectivity index (χ1n) is 4.88. The average Bonchev–Trinajstić information content (AvgIpc) is 2.55. The van der Waals surface area contributed by atoms with E-state index in [0.29, 0.717) is 5.56 Å². The quantitative estimate of drug-likeness (QED) is 0.690. The second-order valence-electron chi connectivity index (χ2n) is 3.86. The van der Waals surface area contributed by atoms with Crippen LogP contribution in [0.25, 0.3) is 10.9 Å². The highest BCUT2D eigenvalue weighted by Crippen LogP contribution is 2.24. The van der Waals surface area contributed by atoms with Crippen LogP contribution in [0.1, 0.15) is 30.2 Å². The lowest BCUT2D eigenvalue weighted by atomic mass is 10.2. The Hall–Kier alpha value is -1.64. The second-order valence-corrected chi connectivity index (χ2v) is 3.86. The molecule has 0 aliphatic carbocycles. The Morgan fingerprint density at radius 1 is 1.40 bits per heavy atom. The fourth-order valence-electron chi connectivity index (χ4n) is 1.77. The first-order valence-corrected chi connectivity index (χ1v) is 4.88. The molecule has 0 saturated carbocycles. The molecule has 2 rings (SSSR count). The summed E-state index contributed by atoms with van der Waals surface area (Å²) in [6.45, 7) is 4.00. The molecule has 0 fully saturated rings. The molecule has 78 valence electrons. The molecule has 2 aromatic rings. The molecule has 0 spiro atoms. The second kappa shape index (κ2) is 3.50. The van der Waals surface area contributed by atoms with Gasteiger partial charge in [0, 0.05) is 23.2 Å². The van der Waals surface area contributed by atoms with E-state index in [9.17, 15) is 9.18 Å². The minimum absolute atomic E-state index is 0.211. The Morgan fingerprint density at radius 2 is 2.13 bits per heavy atom. The first-order chi connectivity index (χ1) is 7.13. The summed E-state index contributed by atoms with van der Waals surface area (Å²) in [5.41, 5.74) is 1.38. The molecule has 0 aliphatic rings. The van der Waals surface area contributed by atoms with E-state index < -0.39 is 0 Å². The van der Waals surface area contributed by atoms with Gasteiger partial charge >= 0.3 is 0 Å². The van der Waals surface area contributed by atoms with Crippen molar-refractivity contribution in [2.24, 2.45) is 0 Å². The fraction of sp³-hybridized carbons (Fsp3) is 0.250. The van der Waals surface area contributed by atoms with Crippen LogP contribution < -0.4 is 0 Å². The summed E-state index contributed by atoms with van der Waals surface area (Å²) in [6.07, 6.45) is 2.57. The zero-order chi connectivity index (χ0) is 11.0. The van der Waals surface area contributed by atoms with Gasteiger partial charge in [0.05, 0.1) is 5.52 Å². The normalized spacial score (nSPS) is 11.2. The summed E-state index contributed by atoms with van der Waals surface area (Å²) in [5.74, 6) is -0.278. The van der Waals surface area contributed by atoms with Gasteiger partial charge in [-0.05, 0) is 32.0 Å². The summed E-state index contributed by atoms with van der Waals surface area (Å²) < 4.78 is 15.0. The Kier molecular flexibility index (Phi) is 2.31. The van der Waals surface area contributed by atoms with Crippen LogP contribution in [0.3, 0.4) is 0 Å². The van der Waals surface area contributed by atoms with Gasteiger partial charge in [0.1, 0.15) is 5.82 Å². The number of nitrogens with zero attached hydrogens (tertiary/aromatic N) is 1. The number of hydrogen-bond acceptors (Lipinski definition) is 1.